The fourth-order valence-corrected chi connectivity index (χ4v) is 1.95. The van der Waals surface area contributed by atoms with E-state index in [9.17, 15) is 0 Å². The minimum absolute atomic E-state index is 0.603. The molecule has 0 fully saturated rings. The van der Waals surface area contributed by atoms with Gasteiger partial charge in [0.25, 0.3) is 0 Å². The van der Waals surface area contributed by atoms with Crippen molar-refractivity contribution in [2.24, 2.45) is 0 Å². The van der Waals surface area contributed by atoms with Gasteiger partial charge in [0.05, 0.1) is 5.69 Å². The Kier molecular flexibility index (Phi) is 2.95. The van der Waals surface area contributed by atoms with Crippen LogP contribution in [0.25, 0.3) is 11.3 Å². The summed E-state index contributed by atoms with van der Waals surface area (Å²) < 4.78 is 1.22. The molecule has 0 amide bonds. The number of halogens is 1. The summed E-state index contributed by atoms with van der Waals surface area (Å²) >= 11 is 2.29. The minimum atomic E-state index is 0.603. The fourth-order valence-electron chi connectivity index (χ4n) is 1.59. The third kappa shape index (κ3) is 1.99. The predicted octanol–water partition coefficient (Wildman–Crippen LogP) is 2.83. The van der Waals surface area contributed by atoms with E-state index < -0.39 is 0 Å². The predicted molar refractivity (Wildman–Crippen MR) is 70.5 cm³/mol. The van der Waals surface area contributed by atoms with Crippen molar-refractivity contribution < 1.29 is 0 Å². The number of nitrogens with two attached hydrogens (primary N) is 1. The van der Waals surface area contributed by atoms with Crippen molar-refractivity contribution in [2.45, 2.75) is 13.3 Å². The topological polar surface area (TPSA) is 54.7 Å². The van der Waals surface area contributed by atoms with E-state index in [1.165, 1.54) is 3.57 Å². The van der Waals surface area contributed by atoms with Crippen LogP contribution in [0.15, 0.2) is 24.3 Å². The lowest BCUT2D eigenvalue weighted by molar-refractivity contribution is 1.10. The normalized spacial score (nSPS) is 10.5. The van der Waals surface area contributed by atoms with Crippen molar-refractivity contribution in [3.8, 4) is 11.3 Å². The van der Waals surface area contributed by atoms with Crippen LogP contribution in [0, 0.1) is 3.57 Å². The molecule has 2 rings (SSSR count). The van der Waals surface area contributed by atoms with Crippen LogP contribution in [0.2, 0.25) is 0 Å². The maximum absolute atomic E-state index is 5.78. The Morgan fingerprint density at radius 1 is 1.33 bits per heavy atom. The van der Waals surface area contributed by atoms with Crippen LogP contribution < -0.4 is 5.73 Å². The maximum atomic E-state index is 5.78. The molecule has 0 aliphatic carbocycles. The molecule has 15 heavy (non-hydrogen) atoms. The number of nitrogen functional groups attached to an aromatic ring is 1. The molecule has 0 unspecified atom stereocenters. The van der Waals surface area contributed by atoms with Gasteiger partial charge < -0.3 is 5.73 Å². The summed E-state index contributed by atoms with van der Waals surface area (Å²) in [6.45, 7) is 2.08. The maximum Gasteiger partial charge on any atom is 0.149 e. The Morgan fingerprint density at radius 3 is 2.60 bits per heavy atom. The molecule has 0 aliphatic heterocycles. The Hall–Kier alpha value is -1.04. The number of nitrogens with one attached hydrogen (secondary N) is 1. The van der Waals surface area contributed by atoms with E-state index in [4.69, 9.17) is 5.73 Å². The molecule has 2 aromatic rings. The first-order valence-corrected chi connectivity index (χ1v) is 5.89. The van der Waals surface area contributed by atoms with E-state index in [2.05, 4.69) is 64.0 Å². The van der Waals surface area contributed by atoms with Crippen LogP contribution in [-0.4, -0.2) is 10.2 Å². The molecule has 0 saturated carbocycles. The number of aromatic amines is 1. The Morgan fingerprint density at radius 2 is 2.00 bits per heavy atom. The molecule has 4 heteroatoms. The van der Waals surface area contributed by atoms with E-state index in [-0.39, 0.29) is 0 Å². The second-order valence-electron chi connectivity index (χ2n) is 3.32. The van der Waals surface area contributed by atoms with Crippen LogP contribution in [0.4, 0.5) is 5.82 Å². The average Bonchev–Trinajstić information content (AvgIpc) is 2.61. The van der Waals surface area contributed by atoms with Crippen LogP contribution >= 0.6 is 22.6 Å². The zero-order valence-corrected chi connectivity index (χ0v) is 10.6. The van der Waals surface area contributed by atoms with Gasteiger partial charge in [0.2, 0.25) is 0 Å². The van der Waals surface area contributed by atoms with Gasteiger partial charge in [-0.15, -0.1) is 0 Å². The first-order valence-electron chi connectivity index (χ1n) is 4.81. The highest BCUT2D eigenvalue weighted by Crippen LogP contribution is 2.25. The average molecular weight is 313 g/mol. The van der Waals surface area contributed by atoms with Crippen LogP contribution in [-0.2, 0) is 6.42 Å². The molecule has 0 saturated heterocycles. The highest BCUT2D eigenvalue weighted by atomic mass is 127. The van der Waals surface area contributed by atoms with Gasteiger partial charge in [-0.3, -0.25) is 5.10 Å². The molecule has 0 atom stereocenters. The van der Waals surface area contributed by atoms with E-state index in [0.29, 0.717) is 5.82 Å². The van der Waals surface area contributed by atoms with Crippen molar-refractivity contribution in [2.75, 3.05) is 5.73 Å². The van der Waals surface area contributed by atoms with Crippen molar-refractivity contribution in [3.05, 3.63) is 33.4 Å². The summed E-state index contributed by atoms with van der Waals surface area (Å²) in [6, 6.07) is 8.31. The van der Waals surface area contributed by atoms with Crippen LogP contribution in [0.5, 0.6) is 0 Å². The summed E-state index contributed by atoms with van der Waals surface area (Å²) in [5.74, 6) is 0.603. The van der Waals surface area contributed by atoms with Crippen molar-refractivity contribution in [1.82, 2.24) is 10.2 Å². The van der Waals surface area contributed by atoms with Gasteiger partial charge in [-0.25, -0.2) is 0 Å². The standard InChI is InChI=1S/C11H12IN3/c1-2-9-10(14-15-11(9)13)7-3-5-8(12)6-4-7/h3-6H,2H2,1H3,(H3,13,14,15). The number of nitrogens with zero attached hydrogens (tertiary/aromatic N) is 1. The number of rotatable bonds is 2. The van der Waals surface area contributed by atoms with E-state index >= 15 is 0 Å². The van der Waals surface area contributed by atoms with Gasteiger partial charge in [-0.1, -0.05) is 19.1 Å². The summed E-state index contributed by atoms with van der Waals surface area (Å²) in [4.78, 5) is 0. The molecule has 0 spiro atoms. The summed E-state index contributed by atoms with van der Waals surface area (Å²) in [6.07, 6.45) is 0.893. The summed E-state index contributed by atoms with van der Waals surface area (Å²) in [7, 11) is 0. The number of H-pyrrole nitrogens is 1. The highest BCUT2D eigenvalue weighted by Gasteiger charge is 2.10. The molecule has 1 heterocycles. The number of aromatic nitrogens is 2. The Labute approximate surface area is 102 Å². The second kappa shape index (κ2) is 4.22. The zero-order valence-electron chi connectivity index (χ0n) is 8.42. The van der Waals surface area contributed by atoms with Crippen LogP contribution in [0.3, 0.4) is 0 Å². The van der Waals surface area contributed by atoms with Gasteiger partial charge in [-0.2, -0.15) is 5.10 Å². The fraction of sp³-hybridized carbons (Fsp3) is 0.182. The van der Waals surface area contributed by atoms with E-state index in [1.54, 1.807) is 0 Å². The van der Waals surface area contributed by atoms with Gasteiger partial charge in [0.15, 0.2) is 0 Å². The lowest BCUT2D eigenvalue weighted by atomic mass is 10.1. The zero-order chi connectivity index (χ0) is 10.8. The minimum Gasteiger partial charge on any atom is -0.382 e. The lowest BCUT2D eigenvalue weighted by Gasteiger charge is -2.01. The number of hydrogen-bond donors (Lipinski definition) is 2. The smallest absolute Gasteiger partial charge is 0.149 e. The van der Waals surface area contributed by atoms with E-state index in [1.807, 2.05) is 0 Å². The number of benzene rings is 1. The largest absolute Gasteiger partial charge is 0.382 e. The number of anilines is 1. The highest BCUT2D eigenvalue weighted by molar-refractivity contribution is 14.1. The molecular formula is C11H12IN3. The molecule has 0 bridgehead atoms. The SMILES string of the molecule is CCc1c(N)n[nH]c1-c1ccc(I)cc1. The van der Waals surface area contributed by atoms with Gasteiger partial charge in [-0.05, 0) is 46.7 Å². The molecule has 78 valence electrons. The molecule has 0 aliphatic rings. The Balaban J connectivity index is 2.49. The summed E-state index contributed by atoms with van der Waals surface area (Å²) in [5.41, 5.74) is 9.04. The lowest BCUT2D eigenvalue weighted by Crippen LogP contribution is -1.90. The Bertz CT molecular complexity index is 459. The van der Waals surface area contributed by atoms with Crippen molar-refractivity contribution >= 4 is 28.4 Å². The molecule has 3 nitrogen and oxygen atoms in total. The summed E-state index contributed by atoms with van der Waals surface area (Å²) in [5, 5.41) is 7.02. The van der Waals surface area contributed by atoms with Gasteiger partial charge in [0.1, 0.15) is 5.82 Å². The quantitative estimate of drug-likeness (QED) is 0.838. The van der Waals surface area contributed by atoms with Crippen molar-refractivity contribution in [3.63, 3.8) is 0 Å². The van der Waals surface area contributed by atoms with Gasteiger partial charge in [0, 0.05) is 9.13 Å². The monoisotopic (exact) mass is 313 g/mol. The molecular weight excluding hydrogens is 301 g/mol. The molecule has 3 N–H and O–H groups in total. The third-order valence-electron chi connectivity index (χ3n) is 2.39. The third-order valence-corrected chi connectivity index (χ3v) is 3.10. The second-order valence-corrected chi connectivity index (χ2v) is 4.57. The van der Waals surface area contributed by atoms with Crippen molar-refractivity contribution in [1.29, 1.82) is 0 Å². The van der Waals surface area contributed by atoms with E-state index in [0.717, 1.165) is 23.2 Å². The van der Waals surface area contributed by atoms with Crippen LogP contribution in [0.1, 0.15) is 12.5 Å². The van der Waals surface area contributed by atoms with Gasteiger partial charge >= 0.3 is 0 Å². The molecule has 0 radical (unpaired) electrons. The first-order chi connectivity index (χ1) is 7.22. The number of hydrogen-bond acceptors (Lipinski definition) is 2. The molecule has 1 aromatic carbocycles. The first kappa shape index (κ1) is 10.5. The molecule has 1 aromatic heterocycles.